The number of nitrogens with one attached hydrogen (secondary N) is 1. The summed E-state index contributed by atoms with van der Waals surface area (Å²) < 4.78 is 0.499. The Bertz CT molecular complexity index is 327. The van der Waals surface area contributed by atoms with Crippen LogP contribution in [0, 0.1) is 0 Å². The number of benzene rings is 1. The molecule has 1 rings (SSSR count). The standard InChI is InChI=1S/C12H16INO/c1-3-9-6-5-7-10(4-2)12(9)14-11(15)8-13/h5-7H,3-4,8H2,1-2H3,(H,14,15). The molecule has 1 aromatic rings. The lowest BCUT2D eigenvalue weighted by molar-refractivity contribution is -0.113. The van der Waals surface area contributed by atoms with E-state index in [1.807, 2.05) is 0 Å². The second-order valence-corrected chi connectivity index (χ2v) is 4.10. The van der Waals surface area contributed by atoms with Gasteiger partial charge in [0.25, 0.3) is 0 Å². The molecule has 0 fully saturated rings. The molecule has 0 spiro atoms. The van der Waals surface area contributed by atoms with Gasteiger partial charge in [0.05, 0.1) is 4.43 Å². The van der Waals surface area contributed by atoms with E-state index in [0.717, 1.165) is 18.5 Å². The monoisotopic (exact) mass is 317 g/mol. The van der Waals surface area contributed by atoms with E-state index in [-0.39, 0.29) is 5.91 Å². The first kappa shape index (κ1) is 12.5. The zero-order valence-electron chi connectivity index (χ0n) is 9.14. The summed E-state index contributed by atoms with van der Waals surface area (Å²) in [5.74, 6) is 0.0752. The first-order valence-corrected chi connectivity index (χ1v) is 6.72. The van der Waals surface area contributed by atoms with E-state index in [2.05, 4.69) is 60.0 Å². The normalized spacial score (nSPS) is 10.1. The lowest BCUT2D eigenvalue weighted by Gasteiger charge is -2.13. The number of anilines is 1. The van der Waals surface area contributed by atoms with E-state index in [0.29, 0.717) is 4.43 Å². The Balaban J connectivity index is 3.05. The van der Waals surface area contributed by atoms with Crippen molar-refractivity contribution in [3.05, 3.63) is 29.3 Å². The summed E-state index contributed by atoms with van der Waals surface area (Å²) in [5, 5.41) is 2.98. The summed E-state index contributed by atoms with van der Waals surface area (Å²) in [5.41, 5.74) is 3.45. The molecule has 0 unspecified atom stereocenters. The van der Waals surface area contributed by atoms with Gasteiger partial charge >= 0.3 is 0 Å². The molecule has 15 heavy (non-hydrogen) atoms. The van der Waals surface area contributed by atoms with Crippen LogP contribution < -0.4 is 5.32 Å². The number of rotatable bonds is 4. The molecule has 0 saturated heterocycles. The van der Waals surface area contributed by atoms with E-state index >= 15 is 0 Å². The molecule has 0 radical (unpaired) electrons. The zero-order chi connectivity index (χ0) is 11.3. The number of carbonyl (C=O) groups is 1. The minimum atomic E-state index is 0.0752. The number of hydrogen-bond donors (Lipinski definition) is 1. The van der Waals surface area contributed by atoms with E-state index in [4.69, 9.17) is 0 Å². The number of amides is 1. The number of alkyl halides is 1. The van der Waals surface area contributed by atoms with Gasteiger partial charge in [-0.15, -0.1) is 0 Å². The molecule has 1 amide bonds. The topological polar surface area (TPSA) is 29.1 Å². The van der Waals surface area contributed by atoms with Crippen LogP contribution in [0.2, 0.25) is 0 Å². The third-order valence-electron chi connectivity index (χ3n) is 2.38. The van der Waals surface area contributed by atoms with Gasteiger partial charge in [-0.1, -0.05) is 54.6 Å². The van der Waals surface area contributed by atoms with Crippen LogP contribution in [0.5, 0.6) is 0 Å². The first-order valence-electron chi connectivity index (χ1n) is 5.19. The van der Waals surface area contributed by atoms with Crippen LogP contribution in [0.1, 0.15) is 25.0 Å². The maximum atomic E-state index is 11.4. The van der Waals surface area contributed by atoms with E-state index in [9.17, 15) is 4.79 Å². The highest BCUT2D eigenvalue weighted by Gasteiger charge is 2.08. The first-order chi connectivity index (χ1) is 7.22. The minimum Gasteiger partial charge on any atom is -0.325 e. The maximum absolute atomic E-state index is 11.4. The summed E-state index contributed by atoms with van der Waals surface area (Å²) in [7, 11) is 0. The molecule has 0 aliphatic rings. The molecule has 3 heteroatoms. The number of carbonyl (C=O) groups excluding carboxylic acids is 1. The molecule has 1 N–H and O–H groups in total. The molecule has 0 heterocycles. The summed E-state index contributed by atoms with van der Waals surface area (Å²) in [6, 6.07) is 6.20. The summed E-state index contributed by atoms with van der Waals surface area (Å²) >= 11 is 2.08. The predicted octanol–water partition coefficient (Wildman–Crippen LogP) is 3.18. The third kappa shape index (κ3) is 3.19. The SMILES string of the molecule is CCc1cccc(CC)c1NC(=O)CI. The lowest BCUT2D eigenvalue weighted by atomic mass is 10.0. The fourth-order valence-corrected chi connectivity index (χ4v) is 1.77. The molecule has 0 aliphatic heterocycles. The molecule has 2 nitrogen and oxygen atoms in total. The van der Waals surface area contributed by atoms with Gasteiger partial charge in [-0.2, -0.15) is 0 Å². The van der Waals surface area contributed by atoms with Gasteiger partial charge in [0.15, 0.2) is 0 Å². The molecule has 0 bridgehead atoms. The summed E-state index contributed by atoms with van der Waals surface area (Å²) in [6.45, 7) is 4.21. The minimum absolute atomic E-state index is 0.0752. The highest BCUT2D eigenvalue weighted by molar-refractivity contribution is 14.1. The van der Waals surface area contributed by atoms with Gasteiger partial charge < -0.3 is 5.32 Å². The lowest BCUT2D eigenvalue weighted by Crippen LogP contribution is -2.15. The van der Waals surface area contributed by atoms with Crippen molar-refractivity contribution in [3.8, 4) is 0 Å². The Kier molecular flexibility index (Phi) is 5.08. The molecular formula is C12H16INO. The van der Waals surface area contributed by atoms with Crippen molar-refractivity contribution in [1.82, 2.24) is 0 Å². The Labute approximate surface area is 105 Å². The second kappa shape index (κ2) is 6.10. The fourth-order valence-electron chi connectivity index (χ4n) is 1.58. The van der Waals surface area contributed by atoms with Crippen molar-refractivity contribution in [2.45, 2.75) is 26.7 Å². The number of hydrogen-bond acceptors (Lipinski definition) is 1. The quantitative estimate of drug-likeness (QED) is 0.671. The molecular weight excluding hydrogens is 301 g/mol. The Hall–Kier alpha value is -0.580. The van der Waals surface area contributed by atoms with Gasteiger partial charge in [0.2, 0.25) is 5.91 Å². The molecule has 0 aliphatic carbocycles. The zero-order valence-corrected chi connectivity index (χ0v) is 11.3. The van der Waals surface area contributed by atoms with Gasteiger partial charge in [-0.3, -0.25) is 4.79 Å². The highest BCUT2D eigenvalue weighted by Crippen LogP contribution is 2.22. The van der Waals surface area contributed by atoms with Crippen LogP contribution in [0.25, 0.3) is 0 Å². The molecule has 1 aromatic carbocycles. The Morgan fingerprint density at radius 3 is 2.20 bits per heavy atom. The molecule has 0 atom stereocenters. The number of halogens is 1. The van der Waals surface area contributed by atoms with Crippen LogP contribution in [-0.2, 0) is 17.6 Å². The average Bonchev–Trinajstić information content (AvgIpc) is 2.29. The van der Waals surface area contributed by atoms with Crippen LogP contribution in [0.15, 0.2) is 18.2 Å². The van der Waals surface area contributed by atoms with Gasteiger partial charge in [0, 0.05) is 5.69 Å². The molecule has 82 valence electrons. The summed E-state index contributed by atoms with van der Waals surface area (Å²) in [6.07, 6.45) is 1.90. The Morgan fingerprint density at radius 2 is 1.80 bits per heavy atom. The maximum Gasteiger partial charge on any atom is 0.234 e. The smallest absolute Gasteiger partial charge is 0.234 e. The van der Waals surface area contributed by atoms with E-state index in [1.165, 1.54) is 11.1 Å². The summed E-state index contributed by atoms with van der Waals surface area (Å²) in [4.78, 5) is 11.4. The molecule has 0 saturated carbocycles. The van der Waals surface area contributed by atoms with Crippen molar-refractivity contribution in [2.75, 3.05) is 9.74 Å². The largest absolute Gasteiger partial charge is 0.325 e. The van der Waals surface area contributed by atoms with Crippen LogP contribution in [-0.4, -0.2) is 10.3 Å². The second-order valence-electron chi connectivity index (χ2n) is 3.34. The predicted molar refractivity (Wildman–Crippen MR) is 72.7 cm³/mol. The Morgan fingerprint density at radius 1 is 1.27 bits per heavy atom. The van der Waals surface area contributed by atoms with Gasteiger partial charge in [-0.25, -0.2) is 0 Å². The van der Waals surface area contributed by atoms with Crippen molar-refractivity contribution in [1.29, 1.82) is 0 Å². The van der Waals surface area contributed by atoms with Crippen molar-refractivity contribution in [2.24, 2.45) is 0 Å². The van der Waals surface area contributed by atoms with Crippen molar-refractivity contribution >= 4 is 34.2 Å². The van der Waals surface area contributed by atoms with Crippen LogP contribution >= 0.6 is 22.6 Å². The van der Waals surface area contributed by atoms with E-state index in [1.54, 1.807) is 0 Å². The van der Waals surface area contributed by atoms with Crippen LogP contribution in [0.4, 0.5) is 5.69 Å². The van der Waals surface area contributed by atoms with Gasteiger partial charge in [0.1, 0.15) is 0 Å². The average molecular weight is 317 g/mol. The van der Waals surface area contributed by atoms with Crippen LogP contribution in [0.3, 0.4) is 0 Å². The number of para-hydroxylation sites is 1. The van der Waals surface area contributed by atoms with E-state index < -0.39 is 0 Å². The number of aryl methyl sites for hydroxylation is 2. The fraction of sp³-hybridized carbons (Fsp3) is 0.417. The molecule has 0 aromatic heterocycles. The van der Waals surface area contributed by atoms with Gasteiger partial charge in [-0.05, 0) is 24.0 Å². The van der Waals surface area contributed by atoms with Crippen molar-refractivity contribution in [3.63, 3.8) is 0 Å². The van der Waals surface area contributed by atoms with Crippen molar-refractivity contribution < 1.29 is 4.79 Å². The third-order valence-corrected chi connectivity index (χ3v) is 3.08. The highest BCUT2D eigenvalue weighted by atomic mass is 127.